The fourth-order valence-electron chi connectivity index (χ4n) is 2.26. The van der Waals surface area contributed by atoms with Crippen LogP contribution in [-0.4, -0.2) is 35.2 Å². The van der Waals surface area contributed by atoms with Crippen molar-refractivity contribution in [3.05, 3.63) is 47.8 Å². The van der Waals surface area contributed by atoms with E-state index < -0.39 is 0 Å². The number of amides is 1. The van der Waals surface area contributed by atoms with Crippen LogP contribution in [0.5, 0.6) is 0 Å². The van der Waals surface area contributed by atoms with Crippen molar-refractivity contribution < 1.29 is 4.79 Å². The Morgan fingerprint density at radius 3 is 2.58 bits per heavy atom. The van der Waals surface area contributed by atoms with Gasteiger partial charge < -0.3 is 5.32 Å². The highest BCUT2D eigenvalue weighted by atomic mass is 35.5. The molecule has 3 rings (SSSR count). The van der Waals surface area contributed by atoms with E-state index in [0.717, 1.165) is 12.1 Å². The molecule has 0 aliphatic heterocycles. The molecule has 9 heteroatoms. The number of carbonyl (C=O) groups excluding carboxylic acids is 1. The maximum absolute atomic E-state index is 12.0. The van der Waals surface area contributed by atoms with Gasteiger partial charge in [-0.05, 0) is 6.92 Å². The average molecular weight is 348 g/mol. The first-order valence-electron chi connectivity index (χ1n) is 7.64. The first-order chi connectivity index (χ1) is 11.6. The Morgan fingerprint density at radius 2 is 1.88 bits per heavy atom. The summed E-state index contributed by atoms with van der Waals surface area (Å²) in [6.45, 7) is 3.96. The number of nitrogens with zero attached hydrogens (tertiary/aromatic N) is 6. The monoisotopic (exact) mass is 347 g/mol. The molecule has 3 heterocycles. The smallest absolute Gasteiger partial charge is 0.226 e. The van der Waals surface area contributed by atoms with Crippen molar-refractivity contribution in [1.82, 2.24) is 29.3 Å². The van der Waals surface area contributed by atoms with Gasteiger partial charge in [-0.2, -0.15) is 15.3 Å². The molecule has 0 fully saturated rings. The molecular weight excluding hydrogens is 330 g/mol. The van der Waals surface area contributed by atoms with Gasteiger partial charge in [-0.25, -0.2) is 0 Å². The maximum Gasteiger partial charge on any atom is 0.226 e. The summed E-state index contributed by atoms with van der Waals surface area (Å²) in [6.07, 6.45) is 10.8. The largest absolute Gasteiger partial charge is 0.323 e. The van der Waals surface area contributed by atoms with Crippen LogP contribution in [0.2, 0.25) is 5.02 Å². The summed E-state index contributed by atoms with van der Waals surface area (Å²) in [5.41, 5.74) is 1.73. The summed E-state index contributed by atoms with van der Waals surface area (Å²) in [4.78, 5) is 12.0. The third-order valence-corrected chi connectivity index (χ3v) is 3.64. The molecule has 0 saturated heterocycles. The van der Waals surface area contributed by atoms with Crippen LogP contribution in [-0.2, 0) is 24.4 Å². The number of rotatable bonds is 7. The van der Waals surface area contributed by atoms with E-state index in [2.05, 4.69) is 20.6 Å². The topological polar surface area (TPSA) is 82.6 Å². The molecule has 126 valence electrons. The molecule has 0 atom stereocenters. The maximum atomic E-state index is 12.0. The molecule has 0 bridgehead atoms. The summed E-state index contributed by atoms with van der Waals surface area (Å²) in [5.74, 6) is -0.0972. The summed E-state index contributed by atoms with van der Waals surface area (Å²) < 4.78 is 5.26. The van der Waals surface area contributed by atoms with Crippen LogP contribution in [0.3, 0.4) is 0 Å². The lowest BCUT2D eigenvalue weighted by molar-refractivity contribution is -0.116. The first-order valence-corrected chi connectivity index (χ1v) is 8.02. The SMILES string of the molecule is CCn1cc(Cn2cc(NC(=O)CCn3cc(Cl)cn3)cn2)cn1. The van der Waals surface area contributed by atoms with Gasteiger partial charge in [0.15, 0.2) is 0 Å². The number of anilines is 1. The Bertz CT molecular complexity index is 819. The van der Waals surface area contributed by atoms with E-state index in [1.165, 1.54) is 0 Å². The second-order valence-corrected chi connectivity index (χ2v) is 5.79. The molecular formula is C15H18ClN7O. The van der Waals surface area contributed by atoms with Gasteiger partial charge >= 0.3 is 0 Å². The number of aromatic nitrogens is 6. The molecule has 1 amide bonds. The highest BCUT2D eigenvalue weighted by Gasteiger charge is 2.07. The standard InChI is InChI=1S/C15H18ClN7O/c1-2-21-8-12(5-17-21)9-23-11-14(7-19-23)20-15(24)3-4-22-10-13(16)6-18-22/h5-8,10-11H,2-4,9H2,1H3,(H,20,24). The Morgan fingerprint density at radius 1 is 1.08 bits per heavy atom. The lowest BCUT2D eigenvalue weighted by atomic mass is 10.3. The lowest BCUT2D eigenvalue weighted by Gasteiger charge is -2.02. The fraction of sp³-hybridized carbons (Fsp3) is 0.333. The molecule has 0 spiro atoms. The highest BCUT2D eigenvalue weighted by molar-refractivity contribution is 6.30. The van der Waals surface area contributed by atoms with Crippen LogP contribution in [0.1, 0.15) is 18.9 Å². The van der Waals surface area contributed by atoms with Gasteiger partial charge in [0, 0.05) is 43.7 Å². The van der Waals surface area contributed by atoms with Gasteiger partial charge in [-0.3, -0.25) is 18.8 Å². The van der Waals surface area contributed by atoms with Crippen molar-refractivity contribution in [2.45, 2.75) is 33.0 Å². The average Bonchev–Trinajstić information content (AvgIpc) is 3.28. The van der Waals surface area contributed by atoms with Gasteiger partial charge in [0.25, 0.3) is 0 Å². The Balaban J connectivity index is 1.50. The minimum absolute atomic E-state index is 0.0972. The highest BCUT2D eigenvalue weighted by Crippen LogP contribution is 2.09. The van der Waals surface area contributed by atoms with E-state index in [1.807, 2.05) is 24.0 Å². The Labute approximate surface area is 144 Å². The lowest BCUT2D eigenvalue weighted by Crippen LogP contribution is -2.14. The molecule has 8 nitrogen and oxygen atoms in total. The summed E-state index contributed by atoms with van der Waals surface area (Å²) in [7, 11) is 0. The van der Waals surface area contributed by atoms with E-state index in [1.54, 1.807) is 34.2 Å². The summed E-state index contributed by atoms with van der Waals surface area (Å²) >= 11 is 5.78. The molecule has 0 aromatic carbocycles. The molecule has 0 saturated carbocycles. The quantitative estimate of drug-likeness (QED) is 0.709. The zero-order valence-corrected chi connectivity index (χ0v) is 14.0. The van der Waals surface area contributed by atoms with Crippen molar-refractivity contribution >= 4 is 23.2 Å². The Hall–Kier alpha value is -2.61. The number of hydrogen-bond acceptors (Lipinski definition) is 4. The fourth-order valence-corrected chi connectivity index (χ4v) is 2.42. The van der Waals surface area contributed by atoms with E-state index >= 15 is 0 Å². The third-order valence-electron chi connectivity index (χ3n) is 3.44. The van der Waals surface area contributed by atoms with E-state index in [0.29, 0.717) is 30.2 Å². The molecule has 0 radical (unpaired) electrons. The molecule has 0 unspecified atom stereocenters. The van der Waals surface area contributed by atoms with Gasteiger partial charge in [0.2, 0.25) is 5.91 Å². The van der Waals surface area contributed by atoms with Crippen molar-refractivity contribution in [1.29, 1.82) is 0 Å². The predicted molar refractivity (Wildman–Crippen MR) is 89.7 cm³/mol. The molecule has 0 aliphatic carbocycles. The normalized spacial score (nSPS) is 10.9. The van der Waals surface area contributed by atoms with Gasteiger partial charge in [-0.15, -0.1) is 0 Å². The van der Waals surface area contributed by atoms with Crippen LogP contribution in [0.15, 0.2) is 37.2 Å². The van der Waals surface area contributed by atoms with E-state index in [9.17, 15) is 4.79 Å². The molecule has 0 aliphatic rings. The van der Waals surface area contributed by atoms with Crippen LogP contribution >= 0.6 is 11.6 Å². The second-order valence-electron chi connectivity index (χ2n) is 5.35. The van der Waals surface area contributed by atoms with Crippen molar-refractivity contribution in [2.24, 2.45) is 0 Å². The summed E-state index contributed by atoms with van der Waals surface area (Å²) in [5, 5.41) is 15.9. The molecule has 1 N–H and O–H groups in total. The van der Waals surface area contributed by atoms with Crippen molar-refractivity contribution in [3.8, 4) is 0 Å². The second kappa shape index (κ2) is 7.31. The van der Waals surface area contributed by atoms with Crippen LogP contribution in [0.4, 0.5) is 5.69 Å². The van der Waals surface area contributed by atoms with Gasteiger partial charge in [0.1, 0.15) is 0 Å². The van der Waals surface area contributed by atoms with Crippen molar-refractivity contribution in [3.63, 3.8) is 0 Å². The summed E-state index contributed by atoms with van der Waals surface area (Å²) in [6, 6.07) is 0. The van der Waals surface area contributed by atoms with Gasteiger partial charge in [0.05, 0.1) is 35.8 Å². The minimum atomic E-state index is -0.0972. The van der Waals surface area contributed by atoms with Crippen molar-refractivity contribution in [2.75, 3.05) is 5.32 Å². The Kier molecular flexibility index (Phi) is 4.95. The third kappa shape index (κ3) is 4.23. The number of hydrogen-bond donors (Lipinski definition) is 1. The minimum Gasteiger partial charge on any atom is -0.323 e. The molecule has 3 aromatic heterocycles. The zero-order valence-electron chi connectivity index (χ0n) is 13.3. The van der Waals surface area contributed by atoms with E-state index in [4.69, 9.17) is 11.6 Å². The molecule has 24 heavy (non-hydrogen) atoms. The zero-order chi connectivity index (χ0) is 16.9. The number of halogens is 1. The van der Waals surface area contributed by atoms with E-state index in [-0.39, 0.29) is 5.91 Å². The van der Waals surface area contributed by atoms with Crippen LogP contribution in [0.25, 0.3) is 0 Å². The first kappa shape index (κ1) is 16.3. The predicted octanol–water partition coefficient (Wildman–Crippen LogP) is 2.03. The van der Waals surface area contributed by atoms with Crippen LogP contribution in [0, 0.1) is 0 Å². The van der Waals surface area contributed by atoms with Gasteiger partial charge in [-0.1, -0.05) is 11.6 Å². The number of aryl methyl sites for hydroxylation is 2. The van der Waals surface area contributed by atoms with Crippen LogP contribution < -0.4 is 5.32 Å². The number of nitrogens with one attached hydrogen (secondary N) is 1. The molecule has 3 aromatic rings. The number of carbonyl (C=O) groups is 1.